The molecule has 0 aliphatic rings. The maximum Gasteiger partial charge on any atom is 0.335 e. The van der Waals surface area contributed by atoms with E-state index in [0.29, 0.717) is 18.0 Å². The molecule has 1 N–H and O–H groups in total. The Morgan fingerprint density at radius 3 is 2.48 bits per heavy atom. The summed E-state index contributed by atoms with van der Waals surface area (Å²) in [5, 5.41) is 12.3. The Bertz CT molecular complexity index is 647. The van der Waals surface area contributed by atoms with Gasteiger partial charge in [-0.05, 0) is 12.1 Å². The first kappa shape index (κ1) is 14.9. The van der Waals surface area contributed by atoms with E-state index >= 15 is 0 Å². The third-order valence-corrected chi connectivity index (χ3v) is 2.57. The van der Waals surface area contributed by atoms with Crippen LogP contribution in [-0.2, 0) is 6.61 Å². The number of hydrogen-bond donors (Lipinski definition) is 1. The molecule has 0 fully saturated rings. The minimum atomic E-state index is -1.43. The first-order valence-corrected chi connectivity index (χ1v) is 6.06. The fraction of sp³-hybridized carbons (Fsp3) is 0.308. The van der Waals surface area contributed by atoms with E-state index in [9.17, 15) is 13.6 Å². The Morgan fingerprint density at radius 2 is 2.00 bits per heavy atom. The van der Waals surface area contributed by atoms with Gasteiger partial charge in [0.05, 0.1) is 5.56 Å². The molecule has 0 aliphatic carbocycles. The number of carboxylic acids is 1. The molecule has 0 atom stereocenters. The number of carboxylic acid groups (broad SMARTS) is 1. The molecule has 1 heterocycles. The quantitative estimate of drug-likeness (QED) is 0.913. The van der Waals surface area contributed by atoms with Gasteiger partial charge in [0.15, 0.2) is 24.0 Å². The third kappa shape index (κ3) is 3.33. The van der Waals surface area contributed by atoms with Crippen molar-refractivity contribution in [3.05, 3.63) is 41.0 Å². The number of rotatable bonds is 5. The number of benzene rings is 1. The summed E-state index contributed by atoms with van der Waals surface area (Å²) in [5.74, 6) is -3.79. The van der Waals surface area contributed by atoms with Gasteiger partial charge in [-0.25, -0.2) is 13.6 Å². The Morgan fingerprint density at radius 1 is 1.38 bits per heavy atom. The second kappa shape index (κ2) is 5.86. The second-order valence-corrected chi connectivity index (χ2v) is 4.57. The van der Waals surface area contributed by atoms with Crippen LogP contribution in [0.2, 0.25) is 0 Å². The van der Waals surface area contributed by atoms with Crippen molar-refractivity contribution in [2.45, 2.75) is 26.4 Å². The highest BCUT2D eigenvalue weighted by Gasteiger charge is 2.17. The standard InChI is InChI=1S/C13H12F2N2O4/c1-6(2)12-16-10(17-21-12)5-20-11-8(14)3-7(13(18)19)4-9(11)15/h3-4,6H,5H2,1-2H3,(H,18,19). The summed E-state index contributed by atoms with van der Waals surface area (Å²) < 4.78 is 37.1. The molecule has 8 heteroatoms. The van der Waals surface area contributed by atoms with E-state index in [1.54, 1.807) is 0 Å². The molecule has 1 aromatic heterocycles. The van der Waals surface area contributed by atoms with Crippen LogP contribution in [0.5, 0.6) is 5.75 Å². The Labute approximate surface area is 118 Å². The zero-order valence-electron chi connectivity index (χ0n) is 11.3. The van der Waals surface area contributed by atoms with Crippen molar-refractivity contribution < 1.29 is 27.9 Å². The first-order chi connectivity index (χ1) is 9.88. The molecule has 0 amide bonds. The molecule has 0 aliphatic heterocycles. The van der Waals surface area contributed by atoms with Gasteiger partial charge in [-0.15, -0.1) is 0 Å². The van der Waals surface area contributed by atoms with Crippen molar-refractivity contribution in [1.29, 1.82) is 0 Å². The van der Waals surface area contributed by atoms with Crippen molar-refractivity contribution >= 4 is 5.97 Å². The Kier molecular flexibility index (Phi) is 4.15. The highest BCUT2D eigenvalue weighted by Crippen LogP contribution is 2.24. The lowest BCUT2D eigenvalue weighted by Crippen LogP contribution is -2.05. The van der Waals surface area contributed by atoms with Crippen molar-refractivity contribution in [1.82, 2.24) is 10.1 Å². The minimum Gasteiger partial charge on any atom is -0.479 e. The predicted octanol–water partition coefficient (Wildman–Crippen LogP) is 2.75. The number of aromatic nitrogens is 2. The highest BCUT2D eigenvalue weighted by atomic mass is 19.1. The molecule has 0 bridgehead atoms. The monoisotopic (exact) mass is 298 g/mol. The topological polar surface area (TPSA) is 85.5 Å². The zero-order valence-corrected chi connectivity index (χ0v) is 11.3. The van der Waals surface area contributed by atoms with E-state index in [1.165, 1.54) is 0 Å². The third-order valence-electron chi connectivity index (χ3n) is 2.57. The second-order valence-electron chi connectivity index (χ2n) is 4.57. The molecule has 0 radical (unpaired) electrons. The molecule has 6 nitrogen and oxygen atoms in total. The van der Waals surface area contributed by atoms with Crippen molar-refractivity contribution in [2.75, 3.05) is 0 Å². The van der Waals surface area contributed by atoms with E-state index in [2.05, 4.69) is 10.1 Å². The predicted molar refractivity (Wildman–Crippen MR) is 66.0 cm³/mol. The molecule has 0 spiro atoms. The van der Waals surface area contributed by atoms with Crippen LogP contribution in [-0.4, -0.2) is 21.2 Å². The normalized spacial score (nSPS) is 10.9. The van der Waals surface area contributed by atoms with Gasteiger partial charge in [0.25, 0.3) is 0 Å². The fourth-order valence-corrected chi connectivity index (χ4v) is 1.52. The molecular formula is C13H12F2N2O4. The van der Waals surface area contributed by atoms with Crippen LogP contribution in [0.1, 0.15) is 41.8 Å². The van der Waals surface area contributed by atoms with Gasteiger partial charge in [0.1, 0.15) is 0 Å². The molecule has 2 rings (SSSR count). The average molecular weight is 298 g/mol. The lowest BCUT2D eigenvalue weighted by atomic mass is 10.2. The minimum absolute atomic E-state index is 0.0228. The fourth-order valence-electron chi connectivity index (χ4n) is 1.52. The number of carbonyl (C=O) groups is 1. The molecule has 2 aromatic rings. The summed E-state index contributed by atoms with van der Waals surface area (Å²) in [6.07, 6.45) is 0. The van der Waals surface area contributed by atoms with Crippen molar-refractivity contribution in [3.63, 3.8) is 0 Å². The maximum absolute atomic E-state index is 13.6. The largest absolute Gasteiger partial charge is 0.479 e. The van der Waals surface area contributed by atoms with E-state index in [4.69, 9.17) is 14.4 Å². The van der Waals surface area contributed by atoms with Crippen LogP contribution in [0.15, 0.2) is 16.7 Å². The maximum atomic E-state index is 13.6. The zero-order chi connectivity index (χ0) is 15.6. The van der Waals surface area contributed by atoms with Gasteiger partial charge >= 0.3 is 5.97 Å². The summed E-state index contributed by atoms with van der Waals surface area (Å²) in [4.78, 5) is 14.6. The molecular weight excluding hydrogens is 286 g/mol. The highest BCUT2D eigenvalue weighted by molar-refractivity contribution is 5.87. The van der Waals surface area contributed by atoms with Gasteiger partial charge in [-0.3, -0.25) is 0 Å². The van der Waals surface area contributed by atoms with Gasteiger partial charge in [0, 0.05) is 5.92 Å². The molecule has 0 unspecified atom stereocenters. The number of halogens is 2. The summed E-state index contributed by atoms with van der Waals surface area (Å²) >= 11 is 0. The van der Waals surface area contributed by atoms with Gasteiger partial charge in [-0.1, -0.05) is 19.0 Å². The van der Waals surface area contributed by atoms with Gasteiger partial charge < -0.3 is 14.4 Å². The Balaban J connectivity index is 2.14. The van der Waals surface area contributed by atoms with Crippen LogP contribution in [0.4, 0.5) is 8.78 Å². The molecule has 112 valence electrons. The van der Waals surface area contributed by atoms with Crippen LogP contribution in [0.3, 0.4) is 0 Å². The lowest BCUT2D eigenvalue weighted by Gasteiger charge is -2.07. The first-order valence-electron chi connectivity index (χ1n) is 6.06. The Hall–Kier alpha value is -2.51. The van der Waals surface area contributed by atoms with E-state index in [-0.39, 0.29) is 18.3 Å². The molecule has 1 aromatic carbocycles. The van der Waals surface area contributed by atoms with E-state index in [1.807, 2.05) is 13.8 Å². The molecule has 0 saturated carbocycles. The van der Waals surface area contributed by atoms with Crippen LogP contribution >= 0.6 is 0 Å². The van der Waals surface area contributed by atoms with Crippen LogP contribution in [0, 0.1) is 11.6 Å². The number of hydrogen-bond acceptors (Lipinski definition) is 5. The SMILES string of the molecule is CC(C)c1nc(COc2c(F)cc(C(=O)O)cc2F)no1. The van der Waals surface area contributed by atoms with E-state index < -0.39 is 28.9 Å². The van der Waals surface area contributed by atoms with Gasteiger partial charge in [0.2, 0.25) is 11.7 Å². The summed E-state index contributed by atoms with van der Waals surface area (Å²) in [6, 6.07) is 1.35. The lowest BCUT2D eigenvalue weighted by molar-refractivity contribution is 0.0695. The summed E-state index contributed by atoms with van der Waals surface area (Å²) in [7, 11) is 0. The number of ether oxygens (including phenoxy) is 1. The number of aromatic carboxylic acids is 1. The van der Waals surface area contributed by atoms with Crippen LogP contribution in [0.25, 0.3) is 0 Å². The summed E-state index contributed by atoms with van der Waals surface area (Å²) in [6.45, 7) is 3.40. The van der Waals surface area contributed by atoms with Crippen LogP contribution < -0.4 is 4.74 Å². The van der Waals surface area contributed by atoms with Gasteiger partial charge in [-0.2, -0.15) is 4.98 Å². The molecule has 0 saturated heterocycles. The smallest absolute Gasteiger partial charge is 0.335 e. The number of nitrogens with zero attached hydrogens (tertiary/aromatic N) is 2. The van der Waals surface area contributed by atoms with Crippen molar-refractivity contribution in [3.8, 4) is 5.75 Å². The average Bonchev–Trinajstić information content (AvgIpc) is 2.86. The van der Waals surface area contributed by atoms with Crippen molar-refractivity contribution in [2.24, 2.45) is 0 Å². The molecule has 21 heavy (non-hydrogen) atoms. The summed E-state index contributed by atoms with van der Waals surface area (Å²) in [5.41, 5.74) is -0.501. The van der Waals surface area contributed by atoms with E-state index in [0.717, 1.165) is 0 Å².